The summed E-state index contributed by atoms with van der Waals surface area (Å²) >= 11 is 1.35. The first kappa shape index (κ1) is 20.2. The molecule has 0 spiro atoms. The van der Waals surface area contributed by atoms with Gasteiger partial charge in [-0.25, -0.2) is 4.98 Å². The molecule has 32 heavy (non-hydrogen) atoms. The Morgan fingerprint density at radius 2 is 1.84 bits per heavy atom. The van der Waals surface area contributed by atoms with Gasteiger partial charge >= 0.3 is 0 Å². The second-order valence-electron chi connectivity index (χ2n) is 6.97. The largest absolute Gasteiger partial charge is 0.495 e. The van der Waals surface area contributed by atoms with Crippen LogP contribution < -0.4 is 23.8 Å². The van der Waals surface area contributed by atoms with E-state index in [1.54, 1.807) is 55.7 Å². The van der Waals surface area contributed by atoms with Crippen molar-refractivity contribution in [2.75, 3.05) is 32.3 Å². The number of furan rings is 1. The molecule has 1 aliphatic heterocycles. The molecule has 0 saturated heterocycles. The van der Waals surface area contributed by atoms with Gasteiger partial charge in [0.15, 0.2) is 16.6 Å². The van der Waals surface area contributed by atoms with Crippen LogP contribution >= 0.6 is 11.3 Å². The lowest BCUT2D eigenvalue weighted by Gasteiger charge is -2.21. The van der Waals surface area contributed by atoms with Gasteiger partial charge in [0, 0.05) is 5.56 Å². The van der Waals surface area contributed by atoms with E-state index in [1.165, 1.54) is 11.3 Å². The summed E-state index contributed by atoms with van der Waals surface area (Å²) in [5.74, 6) is 2.83. The predicted octanol–water partition coefficient (Wildman–Crippen LogP) is 4.52. The summed E-state index contributed by atoms with van der Waals surface area (Å²) in [6.07, 6.45) is 1.58. The van der Waals surface area contributed by atoms with Crippen LogP contribution in [0.2, 0.25) is 0 Å². The average molecular weight is 452 g/mol. The van der Waals surface area contributed by atoms with Gasteiger partial charge in [-0.2, -0.15) is 0 Å². The summed E-state index contributed by atoms with van der Waals surface area (Å²) in [6.45, 7) is 1.14. The minimum absolute atomic E-state index is 0.213. The number of ether oxygens (including phenoxy) is 4. The Balaban J connectivity index is 1.59. The molecule has 9 heteroatoms. The van der Waals surface area contributed by atoms with Crippen molar-refractivity contribution in [2.45, 2.75) is 6.54 Å². The number of rotatable bonds is 6. The highest BCUT2D eigenvalue weighted by molar-refractivity contribution is 7.22. The lowest BCUT2D eigenvalue weighted by atomic mass is 10.1. The Bertz CT molecular complexity index is 1230. The smallest absolute Gasteiger partial charge is 0.260 e. The van der Waals surface area contributed by atoms with E-state index in [-0.39, 0.29) is 12.5 Å². The maximum absolute atomic E-state index is 13.6. The third-order valence-electron chi connectivity index (χ3n) is 5.06. The molecule has 1 aliphatic rings. The number of benzene rings is 2. The molecule has 2 aromatic heterocycles. The molecule has 0 atom stereocenters. The normalized spacial score (nSPS) is 12.6. The van der Waals surface area contributed by atoms with E-state index < -0.39 is 0 Å². The number of fused-ring (bicyclic) bond motifs is 2. The van der Waals surface area contributed by atoms with Gasteiger partial charge in [-0.3, -0.25) is 9.69 Å². The van der Waals surface area contributed by atoms with Crippen molar-refractivity contribution < 1.29 is 28.2 Å². The topological polar surface area (TPSA) is 83.3 Å². The number of aromatic nitrogens is 1. The van der Waals surface area contributed by atoms with Crippen LogP contribution in [0, 0.1) is 0 Å². The fourth-order valence-electron chi connectivity index (χ4n) is 3.51. The number of anilines is 1. The molecule has 0 unspecified atom stereocenters. The van der Waals surface area contributed by atoms with Crippen molar-refractivity contribution in [1.82, 2.24) is 4.98 Å². The van der Waals surface area contributed by atoms with Crippen molar-refractivity contribution in [3.05, 3.63) is 60.1 Å². The van der Waals surface area contributed by atoms with Gasteiger partial charge in [-0.1, -0.05) is 11.3 Å². The van der Waals surface area contributed by atoms with Crippen LogP contribution in [0.3, 0.4) is 0 Å². The number of thiazole rings is 1. The summed E-state index contributed by atoms with van der Waals surface area (Å²) in [5.41, 5.74) is 1.09. The summed E-state index contributed by atoms with van der Waals surface area (Å²) in [5, 5.41) is 0.499. The first-order chi connectivity index (χ1) is 15.7. The van der Waals surface area contributed by atoms with Crippen molar-refractivity contribution in [3.63, 3.8) is 0 Å². The number of nitrogens with zero attached hydrogens (tertiary/aromatic N) is 2. The number of methoxy groups -OCH3 is 2. The van der Waals surface area contributed by atoms with Gasteiger partial charge in [0.1, 0.15) is 40.7 Å². The number of hydrogen-bond donors (Lipinski definition) is 0. The van der Waals surface area contributed by atoms with Crippen LogP contribution in [0.25, 0.3) is 10.2 Å². The molecular formula is C23H20N2O6S. The van der Waals surface area contributed by atoms with Crippen LogP contribution in [-0.2, 0) is 6.54 Å². The van der Waals surface area contributed by atoms with E-state index in [0.29, 0.717) is 58.2 Å². The Hall–Kier alpha value is -3.72. The van der Waals surface area contributed by atoms with Crippen LogP contribution in [0.15, 0.2) is 53.1 Å². The summed E-state index contributed by atoms with van der Waals surface area (Å²) in [7, 11) is 3.18. The van der Waals surface area contributed by atoms with E-state index in [9.17, 15) is 4.79 Å². The van der Waals surface area contributed by atoms with Gasteiger partial charge in [-0.05, 0) is 42.5 Å². The van der Waals surface area contributed by atoms with Crippen molar-refractivity contribution in [1.29, 1.82) is 0 Å². The highest BCUT2D eigenvalue weighted by atomic mass is 32.1. The molecule has 0 fully saturated rings. The highest BCUT2D eigenvalue weighted by Crippen LogP contribution is 2.41. The van der Waals surface area contributed by atoms with Gasteiger partial charge in [-0.15, -0.1) is 0 Å². The van der Waals surface area contributed by atoms with Crippen LogP contribution in [0.4, 0.5) is 5.13 Å². The number of amides is 1. The molecule has 164 valence electrons. The fraction of sp³-hybridized carbons (Fsp3) is 0.217. The van der Waals surface area contributed by atoms with E-state index in [4.69, 9.17) is 28.3 Å². The molecule has 1 amide bonds. The number of carbonyl (C=O) groups excluding carboxylic acids is 1. The predicted molar refractivity (Wildman–Crippen MR) is 119 cm³/mol. The second kappa shape index (κ2) is 8.43. The van der Waals surface area contributed by atoms with Crippen molar-refractivity contribution in [3.8, 4) is 23.0 Å². The van der Waals surface area contributed by atoms with Crippen LogP contribution in [-0.4, -0.2) is 38.3 Å². The Labute approximate surface area is 187 Å². The van der Waals surface area contributed by atoms with Crippen LogP contribution in [0.5, 0.6) is 23.0 Å². The minimum Gasteiger partial charge on any atom is -0.495 e. The van der Waals surface area contributed by atoms with E-state index in [2.05, 4.69) is 0 Å². The molecule has 0 radical (unpaired) electrons. The molecule has 2 aromatic carbocycles. The Kier molecular flexibility index (Phi) is 5.32. The quantitative estimate of drug-likeness (QED) is 0.425. The minimum atomic E-state index is -0.240. The van der Waals surface area contributed by atoms with Gasteiger partial charge in [0.25, 0.3) is 5.91 Å². The highest BCUT2D eigenvalue weighted by Gasteiger charge is 2.26. The first-order valence-electron chi connectivity index (χ1n) is 9.93. The SMILES string of the molecule is COc1ccc(OC)c2sc(N(Cc3ccco3)C(=O)c3ccc4c(c3)OCCO4)nc12. The van der Waals surface area contributed by atoms with Crippen LogP contribution in [0.1, 0.15) is 16.1 Å². The zero-order valence-electron chi connectivity index (χ0n) is 17.5. The number of hydrogen-bond acceptors (Lipinski definition) is 8. The van der Waals surface area contributed by atoms with Gasteiger partial charge < -0.3 is 23.4 Å². The van der Waals surface area contributed by atoms with E-state index >= 15 is 0 Å². The number of carbonyl (C=O) groups is 1. The Morgan fingerprint density at radius 1 is 1.06 bits per heavy atom. The van der Waals surface area contributed by atoms with E-state index in [1.807, 2.05) is 12.1 Å². The van der Waals surface area contributed by atoms with Gasteiger partial charge in [0.05, 0.1) is 27.0 Å². The maximum atomic E-state index is 13.6. The molecule has 0 bridgehead atoms. The van der Waals surface area contributed by atoms with Crippen molar-refractivity contribution >= 4 is 32.6 Å². The first-order valence-corrected chi connectivity index (χ1v) is 10.7. The summed E-state index contributed by atoms with van der Waals surface area (Å²) < 4.78 is 28.5. The third kappa shape index (κ3) is 3.60. The lowest BCUT2D eigenvalue weighted by Crippen LogP contribution is -2.30. The molecule has 0 N–H and O–H groups in total. The monoisotopic (exact) mass is 452 g/mol. The maximum Gasteiger partial charge on any atom is 0.260 e. The van der Waals surface area contributed by atoms with E-state index in [0.717, 1.165) is 4.70 Å². The standard InChI is InChI=1S/C23H20N2O6S/c1-27-17-7-8-18(28-2)21-20(17)24-23(32-21)25(13-15-4-3-9-29-15)22(26)14-5-6-16-19(12-14)31-11-10-30-16/h3-9,12H,10-11,13H2,1-2H3. The molecule has 8 nitrogen and oxygen atoms in total. The van der Waals surface area contributed by atoms with Gasteiger partial charge in [0.2, 0.25) is 0 Å². The molecule has 5 rings (SSSR count). The molecule has 0 saturated carbocycles. The summed E-state index contributed by atoms with van der Waals surface area (Å²) in [6, 6.07) is 12.4. The molecule has 4 aromatic rings. The zero-order chi connectivity index (χ0) is 22.1. The fourth-order valence-corrected chi connectivity index (χ4v) is 4.58. The second-order valence-corrected chi connectivity index (χ2v) is 7.95. The molecular weight excluding hydrogens is 432 g/mol. The zero-order valence-corrected chi connectivity index (χ0v) is 18.3. The average Bonchev–Trinajstić information content (AvgIpc) is 3.51. The summed E-state index contributed by atoms with van der Waals surface area (Å²) in [4.78, 5) is 19.9. The molecule has 0 aliphatic carbocycles. The van der Waals surface area contributed by atoms with Crippen molar-refractivity contribution in [2.24, 2.45) is 0 Å². The third-order valence-corrected chi connectivity index (χ3v) is 6.15. The molecule has 3 heterocycles. The lowest BCUT2D eigenvalue weighted by molar-refractivity contribution is 0.0982. The Morgan fingerprint density at radius 3 is 2.59 bits per heavy atom.